The minimum absolute atomic E-state index is 0.101. The molecule has 0 atom stereocenters. The second kappa shape index (κ2) is 4.91. The smallest absolute Gasteiger partial charge is 0.127 e. The molecule has 1 heterocycles. The van der Waals surface area contributed by atoms with Crippen LogP contribution in [-0.4, -0.2) is 11.4 Å². The van der Waals surface area contributed by atoms with Gasteiger partial charge in [-0.1, -0.05) is 42.5 Å². The zero-order valence-corrected chi connectivity index (χ0v) is 10.3. The Kier molecular flexibility index (Phi) is 3.11. The van der Waals surface area contributed by atoms with E-state index in [1.807, 2.05) is 12.1 Å². The van der Waals surface area contributed by atoms with Gasteiger partial charge in [-0.15, -0.1) is 0 Å². The standard InChI is InChI=1S/C16H16FN/c17-16-8-4-3-7-15(16)12-18-10-9-13-5-1-2-6-14(13)11-18/h1-8H,9-12H2. The van der Waals surface area contributed by atoms with Crippen molar-refractivity contribution in [2.75, 3.05) is 6.54 Å². The second-order valence-electron chi connectivity index (χ2n) is 4.82. The summed E-state index contributed by atoms with van der Waals surface area (Å²) in [5.74, 6) is -0.101. The molecule has 0 saturated carbocycles. The maximum absolute atomic E-state index is 13.6. The molecule has 1 aliphatic heterocycles. The summed E-state index contributed by atoms with van der Waals surface area (Å²) >= 11 is 0. The fourth-order valence-corrected chi connectivity index (χ4v) is 2.56. The molecule has 0 saturated heterocycles. The number of fused-ring (bicyclic) bond motifs is 1. The minimum atomic E-state index is -0.101. The molecule has 0 fully saturated rings. The van der Waals surface area contributed by atoms with Crippen molar-refractivity contribution in [3.8, 4) is 0 Å². The van der Waals surface area contributed by atoms with Crippen molar-refractivity contribution in [1.82, 2.24) is 4.90 Å². The SMILES string of the molecule is Fc1ccccc1CN1CCc2ccccc2C1. The number of hydrogen-bond donors (Lipinski definition) is 0. The van der Waals surface area contributed by atoms with Crippen molar-refractivity contribution in [2.24, 2.45) is 0 Å². The highest BCUT2D eigenvalue weighted by molar-refractivity contribution is 5.29. The molecule has 0 N–H and O–H groups in total. The molecule has 2 aromatic rings. The molecular weight excluding hydrogens is 225 g/mol. The van der Waals surface area contributed by atoms with Crippen LogP contribution in [0.25, 0.3) is 0 Å². The fourth-order valence-electron chi connectivity index (χ4n) is 2.56. The summed E-state index contributed by atoms with van der Waals surface area (Å²) in [7, 11) is 0. The van der Waals surface area contributed by atoms with E-state index in [-0.39, 0.29) is 5.82 Å². The van der Waals surface area contributed by atoms with E-state index in [0.717, 1.165) is 25.1 Å². The Labute approximate surface area is 107 Å². The number of hydrogen-bond acceptors (Lipinski definition) is 1. The maximum atomic E-state index is 13.6. The van der Waals surface area contributed by atoms with E-state index in [2.05, 4.69) is 29.2 Å². The van der Waals surface area contributed by atoms with Gasteiger partial charge in [0.1, 0.15) is 5.82 Å². The fraction of sp³-hybridized carbons (Fsp3) is 0.250. The summed E-state index contributed by atoms with van der Waals surface area (Å²) in [6, 6.07) is 15.6. The number of nitrogens with zero attached hydrogens (tertiary/aromatic N) is 1. The van der Waals surface area contributed by atoms with Crippen LogP contribution in [-0.2, 0) is 19.5 Å². The zero-order chi connectivity index (χ0) is 12.4. The second-order valence-corrected chi connectivity index (χ2v) is 4.82. The summed E-state index contributed by atoms with van der Waals surface area (Å²) in [6.07, 6.45) is 1.06. The van der Waals surface area contributed by atoms with Crippen LogP contribution in [0, 0.1) is 5.82 Å². The Morgan fingerprint density at radius 2 is 1.67 bits per heavy atom. The minimum Gasteiger partial charge on any atom is -0.294 e. The van der Waals surface area contributed by atoms with Crippen LogP contribution in [0.5, 0.6) is 0 Å². The molecule has 2 aromatic carbocycles. The van der Waals surface area contributed by atoms with Gasteiger partial charge in [0.25, 0.3) is 0 Å². The van der Waals surface area contributed by atoms with E-state index in [0.29, 0.717) is 6.54 Å². The van der Waals surface area contributed by atoms with Gasteiger partial charge in [-0.3, -0.25) is 4.90 Å². The molecule has 1 aliphatic rings. The average Bonchev–Trinajstić information content (AvgIpc) is 2.41. The lowest BCUT2D eigenvalue weighted by atomic mass is 9.99. The Morgan fingerprint density at radius 3 is 2.50 bits per heavy atom. The number of halogens is 1. The third kappa shape index (κ3) is 2.29. The summed E-state index contributed by atoms with van der Waals surface area (Å²) in [4.78, 5) is 2.31. The number of rotatable bonds is 2. The normalized spacial score (nSPS) is 15.4. The summed E-state index contributed by atoms with van der Waals surface area (Å²) in [6.45, 7) is 2.62. The van der Waals surface area contributed by atoms with Gasteiger partial charge in [0, 0.05) is 25.2 Å². The molecule has 92 valence electrons. The van der Waals surface area contributed by atoms with Crippen LogP contribution < -0.4 is 0 Å². The van der Waals surface area contributed by atoms with Gasteiger partial charge < -0.3 is 0 Å². The van der Waals surface area contributed by atoms with Gasteiger partial charge in [-0.25, -0.2) is 4.39 Å². The molecule has 0 radical (unpaired) electrons. The Balaban J connectivity index is 1.75. The molecule has 0 bridgehead atoms. The van der Waals surface area contributed by atoms with Crippen LogP contribution >= 0.6 is 0 Å². The average molecular weight is 241 g/mol. The van der Waals surface area contributed by atoms with Crippen molar-refractivity contribution in [3.63, 3.8) is 0 Å². The molecule has 0 aromatic heterocycles. The molecule has 3 rings (SSSR count). The topological polar surface area (TPSA) is 3.24 Å². The van der Waals surface area contributed by atoms with Crippen LogP contribution in [0.3, 0.4) is 0 Å². The van der Waals surface area contributed by atoms with E-state index in [1.54, 1.807) is 6.07 Å². The first kappa shape index (κ1) is 11.4. The van der Waals surface area contributed by atoms with Crippen molar-refractivity contribution >= 4 is 0 Å². The van der Waals surface area contributed by atoms with Crippen molar-refractivity contribution < 1.29 is 4.39 Å². The van der Waals surface area contributed by atoms with Gasteiger partial charge in [0.15, 0.2) is 0 Å². The lowest BCUT2D eigenvalue weighted by molar-refractivity contribution is 0.242. The van der Waals surface area contributed by atoms with Gasteiger partial charge >= 0.3 is 0 Å². The lowest BCUT2D eigenvalue weighted by Gasteiger charge is -2.28. The maximum Gasteiger partial charge on any atom is 0.127 e. The summed E-state index contributed by atoms with van der Waals surface area (Å²) < 4.78 is 13.6. The quantitative estimate of drug-likeness (QED) is 0.779. The third-order valence-electron chi connectivity index (χ3n) is 3.56. The Hall–Kier alpha value is -1.67. The monoisotopic (exact) mass is 241 g/mol. The van der Waals surface area contributed by atoms with E-state index in [4.69, 9.17) is 0 Å². The van der Waals surface area contributed by atoms with E-state index in [9.17, 15) is 4.39 Å². The first-order valence-electron chi connectivity index (χ1n) is 6.35. The van der Waals surface area contributed by atoms with E-state index < -0.39 is 0 Å². The van der Waals surface area contributed by atoms with Crippen molar-refractivity contribution in [2.45, 2.75) is 19.5 Å². The van der Waals surface area contributed by atoms with Gasteiger partial charge in [0.05, 0.1) is 0 Å². The Bertz CT molecular complexity index is 550. The van der Waals surface area contributed by atoms with E-state index in [1.165, 1.54) is 17.2 Å². The van der Waals surface area contributed by atoms with Crippen molar-refractivity contribution in [3.05, 3.63) is 71.0 Å². The molecule has 0 unspecified atom stereocenters. The molecule has 0 spiro atoms. The van der Waals surface area contributed by atoms with Gasteiger partial charge in [-0.2, -0.15) is 0 Å². The van der Waals surface area contributed by atoms with Crippen LogP contribution in [0.15, 0.2) is 48.5 Å². The highest BCUT2D eigenvalue weighted by Gasteiger charge is 2.16. The predicted molar refractivity (Wildman–Crippen MR) is 70.7 cm³/mol. The molecule has 0 amide bonds. The summed E-state index contributed by atoms with van der Waals surface area (Å²) in [5, 5.41) is 0. The van der Waals surface area contributed by atoms with Crippen LogP contribution in [0.2, 0.25) is 0 Å². The molecule has 2 heteroatoms. The molecular formula is C16H16FN. The van der Waals surface area contributed by atoms with Gasteiger partial charge in [0.2, 0.25) is 0 Å². The molecule has 0 aliphatic carbocycles. The van der Waals surface area contributed by atoms with E-state index >= 15 is 0 Å². The highest BCUT2D eigenvalue weighted by atomic mass is 19.1. The third-order valence-corrected chi connectivity index (χ3v) is 3.56. The lowest BCUT2D eigenvalue weighted by Crippen LogP contribution is -2.30. The summed E-state index contributed by atoms with van der Waals surface area (Å²) in [5.41, 5.74) is 3.60. The number of benzene rings is 2. The highest BCUT2D eigenvalue weighted by Crippen LogP contribution is 2.20. The molecule has 18 heavy (non-hydrogen) atoms. The van der Waals surface area contributed by atoms with Crippen LogP contribution in [0.1, 0.15) is 16.7 Å². The molecule has 1 nitrogen and oxygen atoms in total. The Morgan fingerprint density at radius 1 is 0.944 bits per heavy atom. The first-order valence-corrected chi connectivity index (χ1v) is 6.35. The van der Waals surface area contributed by atoms with Gasteiger partial charge in [-0.05, 0) is 23.6 Å². The largest absolute Gasteiger partial charge is 0.294 e. The first-order chi connectivity index (χ1) is 8.83. The van der Waals surface area contributed by atoms with Crippen molar-refractivity contribution in [1.29, 1.82) is 0 Å². The predicted octanol–water partition coefficient (Wildman–Crippen LogP) is 3.38. The van der Waals surface area contributed by atoms with Crippen LogP contribution in [0.4, 0.5) is 4.39 Å². The zero-order valence-electron chi connectivity index (χ0n) is 10.3.